The lowest BCUT2D eigenvalue weighted by atomic mass is 9.97. The fraction of sp³-hybridized carbons (Fsp3) is 0.632. The van der Waals surface area contributed by atoms with Gasteiger partial charge in [0.1, 0.15) is 0 Å². The first-order chi connectivity index (χ1) is 11.6. The molecule has 1 aliphatic heterocycles. The fourth-order valence-corrected chi connectivity index (χ4v) is 3.54. The molecule has 1 heterocycles. The van der Waals surface area contributed by atoms with E-state index in [0.29, 0.717) is 12.5 Å². The Morgan fingerprint density at radius 2 is 2.08 bits per heavy atom. The Kier molecular flexibility index (Phi) is 5.41. The van der Waals surface area contributed by atoms with E-state index in [1.165, 1.54) is 11.1 Å². The molecule has 1 atom stereocenters. The number of nitrogens with one attached hydrogen (secondary N) is 2. The minimum Gasteiger partial charge on any atom is -0.394 e. The van der Waals surface area contributed by atoms with Crippen LogP contribution in [0.1, 0.15) is 37.3 Å². The molecule has 1 saturated carbocycles. The van der Waals surface area contributed by atoms with E-state index in [9.17, 15) is 9.90 Å². The van der Waals surface area contributed by atoms with Gasteiger partial charge < -0.3 is 15.7 Å². The number of benzene rings is 1. The van der Waals surface area contributed by atoms with Crippen molar-refractivity contribution in [2.45, 2.75) is 44.7 Å². The summed E-state index contributed by atoms with van der Waals surface area (Å²) in [5, 5.41) is 15.4. The maximum Gasteiger partial charge on any atom is 0.315 e. The van der Waals surface area contributed by atoms with Crippen LogP contribution in [0.4, 0.5) is 4.79 Å². The van der Waals surface area contributed by atoms with Gasteiger partial charge in [0.15, 0.2) is 0 Å². The first-order valence-electron chi connectivity index (χ1n) is 9.07. The van der Waals surface area contributed by atoms with Crippen LogP contribution in [0, 0.1) is 5.92 Å². The Labute approximate surface area is 144 Å². The van der Waals surface area contributed by atoms with Crippen molar-refractivity contribution >= 4 is 6.03 Å². The number of carbonyl (C=O) groups excluding carboxylic acids is 1. The number of aliphatic hydroxyl groups is 1. The highest BCUT2D eigenvalue weighted by atomic mass is 16.3. The van der Waals surface area contributed by atoms with Crippen molar-refractivity contribution in [1.82, 2.24) is 15.5 Å². The normalized spacial score (nSPS) is 20.1. The maximum absolute atomic E-state index is 12.0. The molecule has 5 heteroatoms. The molecule has 24 heavy (non-hydrogen) atoms. The van der Waals surface area contributed by atoms with Crippen molar-refractivity contribution in [2.24, 2.45) is 5.92 Å². The van der Waals surface area contributed by atoms with Crippen LogP contribution in [0.25, 0.3) is 0 Å². The van der Waals surface area contributed by atoms with Crippen LogP contribution < -0.4 is 10.6 Å². The van der Waals surface area contributed by atoms with Gasteiger partial charge in [0, 0.05) is 26.2 Å². The Hall–Kier alpha value is -1.59. The number of hydrogen-bond acceptors (Lipinski definition) is 3. The van der Waals surface area contributed by atoms with E-state index >= 15 is 0 Å². The van der Waals surface area contributed by atoms with Crippen molar-refractivity contribution < 1.29 is 9.90 Å². The Bertz CT molecular complexity index is 573. The van der Waals surface area contributed by atoms with Crippen molar-refractivity contribution in [3.8, 4) is 0 Å². The molecule has 132 valence electrons. The number of hydrogen-bond donors (Lipinski definition) is 3. The summed E-state index contributed by atoms with van der Waals surface area (Å²) in [6, 6.07) is 8.48. The second-order valence-electron chi connectivity index (χ2n) is 7.38. The second kappa shape index (κ2) is 7.53. The van der Waals surface area contributed by atoms with Gasteiger partial charge in [-0.3, -0.25) is 4.90 Å². The number of nitrogens with zero attached hydrogens (tertiary/aromatic N) is 1. The molecule has 1 unspecified atom stereocenters. The minimum absolute atomic E-state index is 0.00171. The molecule has 0 saturated heterocycles. The van der Waals surface area contributed by atoms with Gasteiger partial charge in [-0.15, -0.1) is 0 Å². The van der Waals surface area contributed by atoms with Crippen LogP contribution in [-0.4, -0.2) is 47.8 Å². The summed E-state index contributed by atoms with van der Waals surface area (Å²) in [6.45, 7) is 5.68. The molecule has 0 aromatic heterocycles. The van der Waals surface area contributed by atoms with E-state index < -0.39 is 5.54 Å². The summed E-state index contributed by atoms with van der Waals surface area (Å²) >= 11 is 0. The Morgan fingerprint density at radius 1 is 1.33 bits per heavy atom. The number of urea groups is 1. The van der Waals surface area contributed by atoms with Crippen LogP contribution in [0.15, 0.2) is 24.3 Å². The standard InChI is InChI=1S/C19H29N3O2/c1-19(14-23,17-7-8-17)21-18(24)20-10-4-11-22-12-9-15-5-2-3-6-16(15)13-22/h2-3,5-6,17,23H,4,7-14H2,1H3,(H2,20,21,24). The molecule has 1 aliphatic carbocycles. The van der Waals surface area contributed by atoms with Crippen LogP contribution >= 0.6 is 0 Å². The van der Waals surface area contributed by atoms with Gasteiger partial charge in [0.2, 0.25) is 0 Å². The number of fused-ring (bicyclic) bond motifs is 1. The van der Waals surface area contributed by atoms with E-state index in [2.05, 4.69) is 39.8 Å². The molecule has 3 rings (SSSR count). The van der Waals surface area contributed by atoms with Crippen molar-refractivity contribution in [2.75, 3.05) is 26.2 Å². The Balaban J connectivity index is 1.35. The summed E-state index contributed by atoms with van der Waals surface area (Å²) in [4.78, 5) is 14.5. The largest absolute Gasteiger partial charge is 0.394 e. The minimum atomic E-state index is -0.472. The van der Waals surface area contributed by atoms with Gasteiger partial charge in [-0.1, -0.05) is 24.3 Å². The summed E-state index contributed by atoms with van der Waals surface area (Å²) in [5.74, 6) is 0.418. The third kappa shape index (κ3) is 4.28. The van der Waals surface area contributed by atoms with Crippen LogP contribution in [0.5, 0.6) is 0 Å². The molecule has 1 fully saturated rings. The van der Waals surface area contributed by atoms with Crippen LogP contribution in [-0.2, 0) is 13.0 Å². The zero-order chi connectivity index (χ0) is 17.0. The lowest BCUT2D eigenvalue weighted by Gasteiger charge is -2.29. The zero-order valence-electron chi connectivity index (χ0n) is 14.6. The predicted octanol–water partition coefficient (Wildman–Crippen LogP) is 1.90. The number of amides is 2. The lowest BCUT2D eigenvalue weighted by molar-refractivity contribution is 0.155. The molecular formula is C19H29N3O2. The molecule has 3 N–H and O–H groups in total. The number of rotatable bonds is 7. The average Bonchev–Trinajstić information content (AvgIpc) is 3.44. The lowest BCUT2D eigenvalue weighted by Crippen LogP contribution is -2.54. The molecule has 1 aromatic rings. The summed E-state index contributed by atoms with van der Waals surface area (Å²) in [7, 11) is 0. The predicted molar refractivity (Wildman–Crippen MR) is 94.8 cm³/mol. The third-order valence-corrected chi connectivity index (χ3v) is 5.35. The number of carbonyl (C=O) groups is 1. The van der Waals surface area contributed by atoms with Gasteiger partial charge in [-0.2, -0.15) is 0 Å². The summed E-state index contributed by atoms with van der Waals surface area (Å²) in [6.07, 6.45) is 4.23. The highest BCUT2D eigenvalue weighted by molar-refractivity contribution is 5.74. The van der Waals surface area contributed by atoms with Crippen LogP contribution in [0.3, 0.4) is 0 Å². The SMILES string of the molecule is CC(CO)(NC(=O)NCCCN1CCc2ccccc2C1)C1CC1. The van der Waals surface area contributed by atoms with E-state index in [4.69, 9.17) is 0 Å². The number of aliphatic hydroxyl groups excluding tert-OH is 1. The monoisotopic (exact) mass is 331 g/mol. The topological polar surface area (TPSA) is 64.6 Å². The van der Waals surface area contributed by atoms with Gasteiger partial charge in [0.25, 0.3) is 0 Å². The second-order valence-corrected chi connectivity index (χ2v) is 7.38. The summed E-state index contributed by atoms with van der Waals surface area (Å²) in [5.41, 5.74) is 2.42. The van der Waals surface area contributed by atoms with E-state index in [1.54, 1.807) is 0 Å². The van der Waals surface area contributed by atoms with Crippen molar-refractivity contribution in [3.63, 3.8) is 0 Å². The van der Waals surface area contributed by atoms with Crippen LogP contribution in [0.2, 0.25) is 0 Å². The van der Waals surface area contributed by atoms with Gasteiger partial charge in [-0.25, -0.2) is 4.79 Å². The molecule has 1 aromatic carbocycles. The van der Waals surface area contributed by atoms with Gasteiger partial charge in [-0.05, 0) is 49.7 Å². The highest BCUT2D eigenvalue weighted by Gasteiger charge is 2.42. The third-order valence-electron chi connectivity index (χ3n) is 5.35. The van der Waals surface area contributed by atoms with E-state index in [0.717, 1.165) is 45.3 Å². The highest BCUT2D eigenvalue weighted by Crippen LogP contribution is 2.39. The van der Waals surface area contributed by atoms with E-state index in [1.807, 2.05) is 6.92 Å². The quantitative estimate of drug-likeness (QED) is 0.669. The van der Waals surface area contributed by atoms with Gasteiger partial charge in [0.05, 0.1) is 12.1 Å². The molecule has 0 bridgehead atoms. The molecule has 2 aliphatic rings. The first kappa shape index (κ1) is 17.2. The van der Waals surface area contributed by atoms with Crippen molar-refractivity contribution in [3.05, 3.63) is 35.4 Å². The van der Waals surface area contributed by atoms with Crippen molar-refractivity contribution in [1.29, 1.82) is 0 Å². The maximum atomic E-state index is 12.0. The first-order valence-corrected chi connectivity index (χ1v) is 9.07. The van der Waals surface area contributed by atoms with Gasteiger partial charge >= 0.3 is 6.03 Å². The molecule has 2 amide bonds. The zero-order valence-corrected chi connectivity index (χ0v) is 14.6. The smallest absolute Gasteiger partial charge is 0.315 e. The molecular weight excluding hydrogens is 302 g/mol. The van der Waals surface area contributed by atoms with E-state index in [-0.39, 0.29) is 12.6 Å². The summed E-state index contributed by atoms with van der Waals surface area (Å²) < 4.78 is 0. The average molecular weight is 331 g/mol. The molecule has 0 spiro atoms. The Morgan fingerprint density at radius 3 is 2.79 bits per heavy atom. The fourth-order valence-electron chi connectivity index (χ4n) is 3.54. The molecule has 0 radical (unpaired) electrons. The molecule has 5 nitrogen and oxygen atoms in total.